The van der Waals surface area contributed by atoms with Gasteiger partial charge in [0.1, 0.15) is 5.75 Å². The highest BCUT2D eigenvalue weighted by atomic mass is 16.5. The highest BCUT2D eigenvalue weighted by Gasteiger charge is 2.29. The summed E-state index contributed by atoms with van der Waals surface area (Å²) in [6, 6.07) is 5.12. The number of carbonyl (C=O) groups is 2. The molecule has 1 aromatic carbocycles. The van der Waals surface area contributed by atoms with Crippen LogP contribution in [0.1, 0.15) is 24.2 Å². The molecule has 1 aromatic rings. The Kier molecular flexibility index (Phi) is 2.42. The molecule has 0 saturated carbocycles. The molecule has 0 aliphatic carbocycles. The molecule has 0 saturated heterocycles. The van der Waals surface area contributed by atoms with Gasteiger partial charge in [-0.25, -0.2) is 0 Å². The molecule has 2 rings (SSSR count). The third kappa shape index (κ3) is 1.56. The van der Waals surface area contributed by atoms with Crippen LogP contribution in [0.4, 0.5) is 5.69 Å². The quantitative estimate of drug-likeness (QED) is 0.674. The van der Waals surface area contributed by atoms with Crippen LogP contribution < -0.4 is 9.64 Å². The van der Waals surface area contributed by atoms with E-state index >= 15 is 0 Å². The van der Waals surface area contributed by atoms with E-state index in [1.807, 2.05) is 0 Å². The van der Waals surface area contributed by atoms with Crippen LogP contribution in [0.2, 0.25) is 0 Å². The van der Waals surface area contributed by atoms with Crippen LogP contribution in [0.3, 0.4) is 0 Å². The summed E-state index contributed by atoms with van der Waals surface area (Å²) in [6.07, 6.45) is -0.472. The fourth-order valence-electron chi connectivity index (χ4n) is 1.73. The number of benzene rings is 1. The zero-order valence-corrected chi connectivity index (χ0v) is 9.48. The molecule has 0 fully saturated rings. The summed E-state index contributed by atoms with van der Waals surface area (Å²) in [5.41, 5.74) is 1.23. The first-order chi connectivity index (χ1) is 7.50. The maximum Gasteiger partial charge on any atom is 0.267 e. The number of hydrogen-bond acceptors (Lipinski definition) is 3. The summed E-state index contributed by atoms with van der Waals surface area (Å²) in [5.74, 6) is 0.509. The lowest BCUT2D eigenvalue weighted by Gasteiger charge is -2.30. The van der Waals surface area contributed by atoms with Crippen LogP contribution in [0.15, 0.2) is 18.2 Å². The Hall–Kier alpha value is -1.84. The first-order valence-electron chi connectivity index (χ1n) is 5.10. The monoisotopic (exact) mass is 219 g/mol. The van der Waals surface area contributed by atoms with Crippen molar-refractivity contribution in [1.82, 2.24) is 0 Å². The summed E-state index contributed by atoms with van der Waals surface area (Å²) in [5, 5.41) is 0. The van der Waals surface area contributed by atoms with Gasteiger partial charge in [0.2, 0.25) is 0 Å². The molecule has 1 amide bonds. The van der Waals surface area contributed by atoms with Crippen molar-refractivity contribution in [1.29, 1.82) is 0 Å². The summed E-state index contributed by atoms with van der Waals surface area (Å²) in [6.45, 7) is 3.20. The molecule has 0 spiro atoms. The molecule has 1 aliphatic rings. The summed E-state index contributed by atoms with van der Waals surface area (Å²) < 4.78 is 5.45. The number of Topliss-reactive ketones (excluding diaryl/α,β-unsaturated/α-hetero) is 1. The topological polar surface area (TPSA) is 46.6 Å². The minimum Gasteiger partial charge on any atom is -0.479 e. The van der Waals surface area contributed by atoms with Gasteiger partial charge in [0.05, 0.1) is 5.69 Å². The van der Waals surface area contributed by atoms with Gasteiger partial charge in [-0.2, -0.15) is 0 Å². The second-order valence-corrected chi connectivity index (χ2v) is 3.90. The number of hydrogen-bond donors (Lipinski definition) is 0. The summed E-state index contributed by atoms with van der Waals surface area (Å²) in [7, 11) is 1.68. The third-order valence-corrected chi connectivity index (χ3v) is 2.71. The molecular formula is C12H13NO3. The number of nitrogens with zero attached hydrogens (tertiary/aromatic N) is 1. The molecule has 84 valence electrons. The van der Waals surface area contributed by atoms with Gasteiger partial charge in [0.15, 0.2) is 11.9 Å². The van der Waals surface area contributed by atoms with E-state index in [1.165, 1.54) is 11.8 Å². The minimum absolute atomic E-state index is 0.0257. The van der Waals surface area contributed by atoms with Crippen molar-refractivity contribution in [2.75, 3.05) is 11.9 Å². The van der Waals surface area contributed by atoms with E-state index in [1.54, 1.807) is 32.2 Å². The van der Waals surface area contributed by atoms with Gasteiger partial charge in [-0.15, -0.1) is 0 Å². The average Bonchev–Trinajstić information content (AvgIpc) is 2.25. The number of amides is 1. The summed E-state index contributed by atoms with van der Waals surface area (Å²) in [4.78, 5) is 24.4. The smallest absolute Gasteiger partial charge is 0.267 e. The first kappa shape index (κ1) is 10.7. The Labute approximate surface area is 93.8 Å². The van der Waals surface area contributed by atoms with E-state index < -0.39 is 6.10 Å². The molecule has 1 aliphatic heterocycles. The van der Waals surface area contributed by atoms with Gasteiger partial charge in [-0.3, -0.25) is 9.59 Å². The lowest BCUT2D eigenvalue weighted by atomic mass is 10.1. The van der Waals surface area contributed by atoms with E-state index in [4.69, 9.17) is 4.74 Å². The van der Waals surface area contributed by atoms with Gasteiger partial charge < -0.3 is 9.64 Å². The zero-order valence-electron chi connectivity index (χ0n) is 9.48. The van der Waals surface area contributed by atoms with Gasteiger partial charge in [-0.1, -0.05) is 0 Å². The summed E-state index contributed by atoms with van der Waals surface area (Å²) >= 11 is 0. The molecule has 1 atom stereocenters. The molecule has 4 nitrogen and oxygen atoms in total. The first-order valence-corrected chi connectivity index (χ1v) is 5.10. The molecule has 0 N–H and O–H groups in total. The van der Waals surface area contributed by atoms with Crippen molar-refractivity contribution in [2.45, 2.75) is 20.0 Å². The van der Waals surface area contributed by atoms with Crippen molar-refractivity contribution >= 4 is 17.4 Å². The average molecular weight is 219 g/mol. The van der Waals surface area contributed by atoms with Crippen LogP contribution in [0.25, 0.3) is 0 Å². The van der Waals surface area contributed by atoms with Crippen LogP contribution in [-0.2, 0) is 4.79 Å². The maximum atomic E-state index is 11.7. The van der Waals surface area contributed by atoms with Gasteiger partial charge in [-0.05, 0) is 32.0 Å². The Balaban J connectivity index is 2.50. The Morgan fingerprint density at radius 2 is 2.12 bits per heavy atom. The van der Waals surface area contributed by atoms with Crippen LogP contribution in [0.5, 0.6) is 5.75 Å². The highest BCUT2D eigenvalue weighted by Crippen LogP contribution is 2.33. The van der Waals surface area contributed by atoms with Crippen molar-refractivity contribution in [3.63, 3.8) is 0 Å². The van der Waals surface area contributed by atoms with Crippen molar-refractivity contribution in [3.8, 4) is 5.75 Å². The second kappa shape index (κ2) is 3.63. The molecule has 4 heteroatoms. The van der Waals surface area contributed by atoms with E-state index in [-0.39, 0.29) is 11.7 Å². The van der Waals surface area contributed by atoms with Gasteiger partial charge in [0, 0.05) is 12.6 Å². The van der Waals surface area contributed by atoms with Crippen molar-refractivity contribution in [3.05, 3.63) is 23.8 Å². The molecule has 0 aromatic heterocycles. The van der Waals surface area contributed by atoms with Crippen LogP contribution in [-0.4, -0.2) is 24.8 Å². The molecule has 0 radical (unpaired) electrons. The minimum atomic E-state index is -0.472. The predicted octanol–water partition coefficient (Wildman–Crippen LogP) is 1.63. The second-order valence-electron chi connectivity index (χ2n) is 3.90. The van der Waals surface area contributed by atoms with Gasteiger partial charge in [0.25, 0.3) is 5.91 Å². The molecule has 1 heterocycles. The number of carbonyl (C=O) groups excluding carboxylic acids is 2. The Bertz CT molecular complexity index is 467. The SMILES string of the molecule is CC(=O)c1ccc2c(c1)N(C)C(=O)[C@@H](C)O2. The normalized spacial score (nSPS) is 19.1. The Morgan fingerprint density at radius 3 is 2.75 bits per heavy atom. The van der Waals surface area contributed by atoms with E-state index in [0.29, 0.717) is 17.0 Å². The number of anilines is 1. The fraction of sp³-hybridized carbons (Fsp3) is 0.333. The highest BCUT2D eigenvalue weighted by molar-refractivity contribution is 6.02. The molecule has 16 heavy (non-hydrogen) atoms. The number of ether oxygens (including phenoxy) is 1. The lowest BCUT2D eigenvalue weighted by Crippen LogP contribution is -2.42. The van der Waals surface area contributed by atoms with E-state index in [0.717, 1.165) is 0 Å². The van der Waals surface area contributed by atoms with Gasteiger partial charge >= 0.3 is 0 Å². The number of ketones is 1. The van der Waals surface area contributed by atoms with E-state index in [2.05, 4.69) is 0 Å². The van der Waals surface area contributed by atoms with E-state index in [9.17, 15) is 9.59 Å². The predicted molar refractivity (Wildman–Crippen MR) is 59.9 cm³/mol. The van der Waals surface area contributed by atoms with Crippen LogP contribution >= 0.6 is 0 Å². The zero-order chi connectivity index (χ0) is 11.9. The standard InChI is InChI=1S/C12H13NO3/c1-7(14)9-4-5-11-10(6-9)13(3)12(15)8(2)16-11/h4-6,8H,1-3H3/t8-/m1/s1. The lowest BCUT2D eigenvalue weighted by molar-refractivity contribution is -0.125. The van der Waals surface area contributed by atoms with Crippen molar-refractivity contribution < 1.29 is 14.3 Å². The Morgan fingerprint density at radius 1 is 1.44 bits per heavy atom. The number of rotatable bonds is 1. The fourth-order valence-corrected chi connectivity index (χ4v) is 1.73. The number of likely N-dealkylation sites (N-methyl/N-ethyl adjacent to an activating group) is 1. The largest absolute Gasteiger partial charge is 0.479 e. The maximum absolute atomic E-state index is 11.7. The molecular weight excluding hydrogens is 206 g/mol. The number of fused-ring (bicyclic) bond motifs is 1. The molecule has 0 bridgehead atoms. The van der Waals surface area contributed by atoms with Crippen LogP contribution in [0, 0.1) is 0 Å². The van der Waals surface area contributed by atoms with Crippen molar-refractivity contribution in [2.24, 2.45) is 0 Å². The third-order valence-electron chi connectivity index (χ3n) is 2.71. The molecule has 0 unspecified atom stereocenters.